The first-order valence-electron chi connectivity index (χ1n) is 10.5. The summed E-state index contributed by atoms with van der Waals surface area (Å²) in [4.78, 5) is 44.0. The van der Waals surface area contributed by atoms with Gasteiger partial charge in [0.1, 0.15) is 5.75 Å². The number of fused-ring (bicyclic) bond motifs is 1. The highest BCUT2D eigenvalue weighted by Crippen LogP contribution is 2.19. The molecule has 8 nitrogen and oxygen atoms in total. The number of carbonyl (C=O) groups is 1. The molecular formula is C24H23BrN4O4. The molecule has 0 bridgehead atoms. The number of hydrogen-bond donors (Lipinski definition) is 0. The zero-order valence-corrected chi connectivity index (χ0v) is 19.9. The second-order valence-electron chi connectivity index (χ2n) is 7.60. The van der Waals surface area contributed by atoms with Gasteiger partial charge in [0.25, 0.3) is 5.56 Å². The number of aromatic nitrogens is 4. The van der Waals surface area contributed by atoms with E-state index in [2.05, 4.69) is 20.9 Å². The van der Waals surface area contributed by atoms with Crippen molar-refractivity contribution in [3.05, 3.63) is 91.3 Å². The molecule has 0 saturated heterocycles. The minimum atomic E-state index is -0.457. The van der Waals surface area contributed by atoms with E-state index in [9.17, 15) is 14.4 Å². The highest BCUT2D eigenvalue weighted by atomic mass is 79.9. The fraction of sp³-hybridized carbons (Fsp3) is 0.250. The van der Waals surface area contributed by atoms with Gasteiger partial charge in [-0.2, -0.15) is 0 Å². The van der Waals surface area contributed by atoms with Crippen LogP contribution in [-0.2, 0) is 19.6 Å². The Morgan fingerprint density at radius 1 is 1.00 bits per heavy atom. The number of Topliss-reactive ketones (excluding diaryl/α,β-unsaturated/α-hetero) is 1. The fourth-order valence-electron chi connectivity index (χ4n) is 3.75. The molecule has 0 saturated carbocycles. The van der Waals surface area contributed by atoms with Gasteiger partial charge in [0.05, 0.1) is 20.2 Å². The summed E-state index contributed by atoms with van der Waals surface area (Å²) < 4.78 is 9.69. The van der Waals surface area contributed by atoms with Gasteiger partial charge in [0, 0.05) is 12.1 Å². The van der Waals surface area contributed by atoms with Gasteiger partial charge in [-0.05, 0) is 52.2 Å². The summed E-state index contributed by atoms with van der Waals surface area (Å²) in [6.45, 7) is 2.33. The van der Waals surface area contributed by atoms with Gasteiger partial charge in [-0.15, -0.1) is 0 Å². The molecule has 2 aromatic heterocycles. The van der Waals surface area contributed by atoms with Crippen LogP contribution in [0.5, 0.6) is 5.75 Å². The van der Waals surface area contributed by atoms with Crippen LogP contribution < -0.4 is 16.0 Å². The van der Waals surface area contributed by atoms with E-state index in [4.69, 9.17) is 4.74 Å². The van der Waals surface area contributed by atoms with Crippen LogP contribution in [0.1, 0.15) is 29.3 Å². The Bertz CT molecular complexity index is 1420. The van der Waals surface area contributed by atoms with Gasteiger partial charge in [0.15, 0.2) is 21.7 Å². The average molecular weight is 511 g/mol. The molecule has 0 aliphatic carbocycles. The van der Waals surface area contributed by atoms with E-state index in [1.165, 1.54) is 13.7 Å². The molecule has 0 radical (unpaired) electrons. The molecular weight excluding hydrogens is 488 g/mol. The summed E-state index contributed by atoms with van der Waals surface area (Å²) >= 11 is 3.39. The van der Waals surface area contributed by atoms with Crippen LogP contribution in [0, 0.1) is 0 Å². The molecule has 0 fully saturated rings. The van der Waals surface area contributed by atoms with Gasteiger partial charge >= 0.3 is 5.69 Å². The lowest BCUT2D eigenvalue weighted by molar-refractivity contribution is 0.0972. The third kappa shape index (κ3) is 4.41. The first-order chi connectivity index (χ1) is 15.9. The SMILES string of the molecule is CCCn1c(=O)c2c(nc(Br)n2CC(=O)c2ccc(OC)cc2)n(Cc2ccccc2)c1=O. The van der Waals surface area contributed by atoms with Crippen molar-refractivity contribution in [2.45, 2.75) is 33.0 Å². The standard InChI is InChI=1S/C24H23BrN4O4/c1-3-13-27-22(31)20-21(29(24(27)32)14-16-7-5-4-6-8-16)26-23(25)28(20)15-19(30)17-9-11-18(33-2)12-10-17/h4-12H,3,13-15H2,1-2H3. The Hall–Kier alpha value is -3.46. The van der Waals surface area contributed by atoms with E-state index >= 15 is 0 Å². The molecule has 4 rings (SSSR count). The molecule has 0 N–H and O–H groups in total. The zero-order valence-electron chi connectivity index (χ0n) is 18.3. The maximum Gasteiger partial charge on any atom is 0.333 e. The summed E-state index contributed by atoms with van der Waals surface area (Å²) in [5.41, 5.74) is 0.973. The topological polar surface area (TPSA) is 88.1 Å². The van der Waals surface area contributed by atoms with Crippen LogP contribution in [0.3, 0.4) is 0 Å². The molecule has 4 aromatic rings. The van der Waals surface area contributed by atoms with E-state index in [1.54, 1.807) is 31.4 Å². The van der Waals surface area contributed by atoms with E-state index in [0.29, 0.717) is 22.5 Å². The Labute approximate surface area is 198 Å². The monoisotopic (exact) mass is 510 g/mol. The number of halogens is 1. The second kappa shape index (κ2) is 9.58. The van der Waals surface area contributed by atoms with Crippen LogP contribution in [0.15, 0.2) is 68.9 Å². The number of ether oxygens (including phenoxy) is 1. The third-order valence-electron chi connectivity index (χ3n) is 5.41. The van der Waals surface area contributed by atoms with Gasteiger partial charge < -0.3 is 9.30 Å². The van der Waals surface area contributed by atoms with Crippen molar-refractivity contribution in [2.75, 3.05) is 7.11 Å². The van der Waals surface area contributed by atoms with Crippen molar-refractivity contribution in [1.29, 1.82) is 0 Å². The lowest BCUT2D eigenvalue weighted by atomic mass is 10.1. The lowest BCUT2D eigenvalue weighted by Gasteiger charge is -2.12. The zero-order chi connectivity index (χ0) is 23.5. The Morgan fingerprint density at radius 3 is 2.33 bits per heavy atom. The molecule has 0 unspecified atom stereocenters. The Morgan fingerprint density at radius 2 is 1.70 bits per heavy atom. The molecule has 170 valence electrons. The molecule has 0 aliphatic rings. The number of hydrogen-bond acceptors (Lipinski definition) is 5. The van der Waals surface area contributed by atoms with E-state index < -0.39 is 11.2 Å². The van der Waals surface area contributed by atoms with Crippen molar-refractivity contribution in [1.82, 2.24) is 18.7 Å². The fourth-order valence-corrected chi connectivity index (χ4v) is 4.22. The molecule has 0 aliphatic heterocycles. The van der Waals surface area contributed by atoms with E-state index in [1.807, 2.05) is 37.3 Å². The van der Waals surface area contributed by atoms with Crippen molar-refractivity contribution >= 4 is 32.9 Å². The predicted molar refractivity (Wildman–Crippen MR) is 129 cm³/mol. The van der Waals surface area contributed by atoms with Crippen molar-refractivity contribution in [3.63, 3.8) is 0 Å². The largest absolute Gasteiger partial charge is 0.497 e. The maximum atomic E-state index is 13.3. The van der Waals surface area contributed by atoms with Crippen LogP contribution in [0.2, 0.25) is 0 Å². The van der Waals surface area contributed by atoms with Crippen LogP contribution in [0.4, 0.5) is 0 Å². The van der Waals surface area contributed by atoms with Crippen molar-refractivity contribution < 1.29 is 9.53 Å². The number of benzene rings is 2. The normalized spacial score (nSPS) is 11.1. The molecule has 2 heterocycles. The Kier molecular flexibility index (Phi) is 6.60. The Balaban J connectivity index is 1.85. The van der Waals surface area contributed by atoms with Gasteiger partial charge in [-0.1, -0.05) is 37.3 Å². The van der Waals surface area contributed by atoms with Crippen LogP contribution in [0.25, 0.3) is 11.2 Å². The van der Waals surface area contributed by atoms with Crippen molar-refractivity contribution in [3.8, 4) is 5.75 Å². The van der Waals surface area contributed by atoms with Gasteiger partial charge in [0.2, 0.25) is 0 Å². The van der Waals surface area contributed by atoms with E-state index in [0.717, 1.165) is 5.56 Å². The molecule has 0 atom stereocenters. The van der Waals surface area contributed by atoms with E-state index in [-0.39, 0.29) is 36.6 Å². The first kappa shape index (κ1) is 22.7. The number of nitrogens with zero attached hydrogens (tertiary/aromatic N) is 4. The highest BCUT2D eigenvalue weighted by molar-refractivity contribution is 9.10. The third-order valence-corrected chi connectivity index (χ3v) is 6.02. The number of rotatable bonds is 8. The lowest BCUT2D eigenvalue weighted by Crippen LogP contribution is -2.41. The predicted octanol–water partition coefficient (Wildman–Crippen LogP) is 3.47. The molecule has 9 heteroatoms. The number of ketones is 1. The van der Waals surface area contributed by atoms with Crippen LogP contribution in [-0.4, -0.2) is 31.6 Å². The van der Waals surface area contributed by atoms with Crippen molar-refractivity contribution in [2.24, 2.45) is 0 Å². The number of imidazole rings is 1. The molecule has 2 aromatic carbocycles. The number of carbonyl (C=O) groups excluding carboxylic acids is 1. The average Bonchev–Trinajstić information content (AvgIpc) is 3.16. The summed E-state index contributed by atoms with van der Waals surface area (Å²) in [6.07, 6.45) is 0.617. The quantitative estimate of drug-likeness (QED) is 0.267. The molecule has 0 amide bonds. The first-order valence-corrected chi connectivity index (χ1v) is 11.3. The summed E-state index contributed by atoms with van der Waals surface area (Å²) in [7, 11) is 1.56. The van der Waals surface area contributed by atoms with Gasteiger partial charge in [-0.25, -0.2) is 9.78 Å². The highest BCUT2D eigenvalue weighted by Gasteiger charge is 2.22. The minimum Gasteiger partial charge on any atom is -0.497 e. The summed E-state index contributed by atoms with van der Waals surface area (Å²) in [6, 6.07) is 16.3. The minimum absolute atomic E-state index is 0.103. The van der Waals surface area contributed by atoms with Crippen LogP contribution >= 0.6 is 15.9 Å². The molecule has 33 heavy (non-hydrogen) atoms. The summed E-state index contributed by atoms with van der Waals surface area (Å²) in [5, 5.41) is 0. The maximum absolute atomic E-state index is 13.3. The molecule has 0 spiro atoms. The van der Waals surface area contributed by atoms with Gasteiger partial charge in [-0.3, -0.25) is 18.7 Å². The smallest absolute Gasteiger partial charge is 0.333 e. The summed E-state index contributed by atoms with van der Waals surface area (Å²) in [5.74, 6) is 0.452. The number of methoxy groups -OCH3 is 1. The second-order valence-corrected chi connectivity index (χ2v) is 8.31.